The second-order valence-corrected chi connectivity index (χ2v) is 4.81. The lowest BCUT2D eigenvalue weighted by molar-refractivity contribution is 0.0823. The van der Waals surface area contributed by atoms with Gasteiger partial charge in [-0.1, -0.05) is 24.3 Å². The molecule has 0 spiro atoms. The van der Waals surface area contributed by atoms with Crippen molar-refractivity contribution in [3.63, 3.8) is 0 Å². The van der Waals surface area contributed by atoms with E-state index < -0.39 is 0 Å². The summed E-state index contributed by atoms with van der Waals surface area (Å²) in [6.07, 6.45) is 2.56. The summed E-state index contributed by atoms with van der Waals surface area (Å²) in [5.74, 6) is 0.875. The number of benzene rings is 1. The molecule has 1 atom stereocenters. The Morgan fingerprint density at radius 3 is 3.16 bits per heavy atom. The van der Waals surface area contributed by atoms with Gasteiger partial charge in [-0.15, -0.1) is 0 Å². The highest BCUT2D eigenvalue weighted by Gasteiger charge is 2.19. The first-order valence-corrected chi connectivity index (χ1v) is 6.56. The van der Waals surface area contributed by atoms with Gasteiger partial charge in [0.25, 0.3) is 0 Å². The molecule has 1 aromatic carbocycles. The molecule has 5 nitrogen and oxygen atoms in total. The number of rotatable bonds is 4. The quantitative estimate of drug-likeness (QED) is 0.896. The largest absolute Gasteiger partial charge is 0.375 e. The molecular weight excluding hydrogens is 240 g/mol. The third-order valence-electron chi connectivity index (χ3n) is 3.36. The third kappa shape index (κ3) is 2.83. The minimum atomic E-state index is 0.272. The second-order valence-electron chi connectivity index (χ2n) is 4.81. The van der Waals surface area contributed by atoms with E-state index in [1.807, 2.05) is 7.05 Å². The summed E-state index contributed by atoms with van der Waals surface area (Å²) in [5.41, 5.74) is 2.63. The van der Waals surface area contributed by atoms with Crippen molar-refractivity contribution < 1.29 is 4.74 Å². The van der Waals surface area contributed by atoms with Gasteiger partial charge in [-0.2, -0.15) is 5.10 Å². The third-order valence-corrected chi connectivity index (χ3v) is 3.36. The predicted octanol–water partition coefficient (Wildman–Crippen LogP) is 1.22. The van der Waals surface area contributed by atoms with E-state index in [9.17, 15) is 0 Å². The van der Waals surface area contributed by atoms with Crippen LogP contribution in [0.15, 0.2) is 30.6 Å². The van der Waals surface area contributed by atoms with Crippen LogP contribution in [-0.2, 0) is 24.8 Å². The summed E-state index contributed by atoms with van der Waals surface area (Å²) in [4.78, 5) is 4.22. The van der Waals surface area contributed by atoms with Gasteiger partial charge < -0.3 is 10.1 Å². The minimum absolute atomic E-state index is 0.272. The van der Waals surface area contributed by atoms with Gasteiger partial charge in [-0.3, -0.25) is 4.68 Å². The summed E-state index contributed by atoms with van der Waals surface area (Å²) in [7, 11) is 1.88. The molecule has 0 fully saturated rings. The molecule has 1 aliphatic heterocycles. The summed E-state index contributed by atoms with van der Waals surface area (Å²) in [5, 5.41) is 7.79. The zero-order valence-electron chi connectivity index (χ0n) is 11.0. The zero-order chi connectivity index (χ0) is 13.1. The normalized spacial score (nSPS) is 18.3. The van der Waals surface area contributed by atoms with Gasteiger partial charge in [0.1, 0.15) is 6.33 Å². The van der Waals surface area contributed by atoms with Crippen LogP contribution in [0.5, 0.6) is 0 Å². The van der Waals surface area contributed by atoms with E-state index in [1.165, 1.54) is 11.1 Å². The van der Waals surface area contributed by atoms with E-state index in [1.54, 1.807) is 11.0 Å². The monoisotopic (exact) mass is 258 g/mol. The first kappa shape index (κ1) is 12.3. The molecule has 5 heteroatoms. The fraction of sp³-hybridized carbons (Fsp3) is 0.429. The van der Waals surface area contributed by atoms with E-state index in [4.69, 9.17) is 4.74 Å². The fourth-order valence-corrected chi connectivity index (χ4v) is 2.41. The Hall–Kier alpha value is -1.72. The highest BCUT2D eigenvalue weighted by Crippen LogP contribution is 2.24. The Morgan fingerprint density at radius 1 is 1.42 bits per heavy atom. The number of ether oxygens (including phenoxy) is 1. The Bertz CT molecular complexity index is 552. The molecule has 0 bridgehead atoms. The van der Waals surface area contributed by atoms with Gasteiger partial charge in [0, 0.05) is 20.0 Å². The maximum Gasteiger partial charge on any atom is 0.151 e. The first-order valence-electron chi connectivity index (χ1n) is 6.56. The van der Waals surface area contributed by atoms with Crippen molar-refractivity contribution in [2.45, 2.75) is 19.1 Å². The summed E-state index contributed by atoms with van der Waals surface area (Å²) in [6, 6.07) is 8.72. The second kappa shape index (κ2) is 5.50. The van der Waals surface area contributed by atoms with Crippen LogP contribution in [0.4, 0.5) is 0 Å². The minimum Gasteiger partial charge on any atom is -0.375 e. The van der Waals surface area contributed by atoms with Gasteiger partial charge in [-0.05, 0) is 11.1 Å². The topological polar surface area (TPSA) is 52.0 Å². The number of nitrogens with one attached hydrogen (secondary N) is 1. The van der Waals surface area contributed by atoms with E-state index >= 15 is 0 Å². The molecule has 1 aliphatic rings. The highest BCUT2D eigenvalue weighted by molar-refractivity contribution is 5.31. The number of aryl methyl sites for hydroxylation is 1. The van der Waals surface area contributed by atoms with Gasteiger partial charge in [0.05, 0.1) is 19.3 Å². The molecule has 1 N–H and O–H groups in total. The van der Waals surface area contributed by atoms with Gasteiger partial charge >= 0.3 is 0 Å². The van der Waals surface area contributed by atoms with E-state index in [0.717, 1.165) is 32.0 Å². The molecule has 0 saturated carbocycles. The number of fused-ring (bicyclic) bond motifs is 1. The summed E-state index contributed by atoms with van der Waals surface area (Å²) >= 11 is 0. The maximum absolute atomic E-state index is 5.62. The Kier molecular flexibility index (Phi) is 3.57. The lowest BCUT2D eigenvalue weighted by Gasteiger charge is -2.26. The number of hydrogen-bond acceptors (Lipinski definition) is 4. The van der Waals surface area contributed by atoms with Crippen molar-refractivity contribution in [3.8, 4) is 0 Å². The Balaban J connectivity index is 1.59. The molecule has 0 saturated heterocycles. The average molecular weight is 258 g/mol. The SMILES string of the molecule is Cn1cnc(CCNC2COCc3ccccc32)n1. The lowest BCUT2D eigenvalue weighted by atomic mass is 9.99. The molecule has 1 aromatic heterocycles. The van der Waals surface area contributed by atoms with Crippen LogP contribution >= 0.6 is 0 Å². The van der Waals surface area contributed by atoms with Crippen molar-refractivity contribution in [3.05, 3.63) is 47.5 Å². The van der Waals surface area contributed by atoms with Gasteiger partial charge in [-0.25, -0.2) is 4.98 Å². The van der Waals surface area contributed by atoms with Crippen LogP contribution in [0.25, 0.3) is 0 Å². The van der Waals surface area contributed by atoms with Gasteiger partial charge in [0.15, 0.2) is 5.82 Å². The van der Waals surface area contributed by atoms with Crippen LogP contribution in [-0.4, -0.2) is 27.9 Å². The zero-order valence-corrected chi connectivity index (χ0v) is 11.0. The van der Waals surface area contributed by atoms with Crippen LogP contribution in [0, 0.1) is 0 Å². The molecule has 1 unspecified atom stereocenters. The average Bonchev–Trinajstić information content (AvgIpc) is 2.85. The van der Waals surface area contributed by atoms with Crippen LogP contribution in [0.2, 0.25) is 0 Å². The Labute approximate surface area is 112 Å². The summed E-state index contributed by atoms with van der Waals surface area (Å²) < 4.78 is 7.35. The molecule has 100 valence electrons. The van der Waals surface area contributed by atoms with E-state index in [-0.39, 0.29) is 6.04 Å². The molecular formula is C14H18N4O. The summed E-state index contributed by atoms with van der Waals surface area (Å²) in [6.45, 7) is 2.30. The van der Waals surface area contributed by atoms with Crippen molar-refractivity contribution in [1.29, 1.82) is 0 Å². The van der Waals surface area contributed by atoms with Crippen molar-refractivity contribution in [2.24, 2.45) is 7.05 Å². The van der Waals surface area contributed by atoms with Crippen molar-refractivity contribution >= 4 is 0 Å². The number of nitrogens with zero attached hydrogens (tertiary/aromatic N) is 3. The fourth-order valence-electron chi connectivity index (χ4n) is 2.41. The molecule has 2 heterocycles. The highest BCUT2D eigenvalue weighted by atomic mass is 16.5. The van der Waals surface area contributed by atoms with E-state index in [2.05, 4.69) is 39.7 Å². The van der Waals surface area contributed by atoms with Crippen LogP contribution in [0.1, 0.15) is 23.0 Å². The van der Waals surface area contributed by atoms with Crippen LogP contribution in [0.3, 0.4) is 0 Å². The molecule has 0 aliphatic carbocycles. The van der Waals surface area contributed by atoms with Crippen molar-refractivity contribution in [2.75, 3.05) is 13.2 Å². The van der Waals surface area contributed by atoms with Gasteiger partial charge in [0.2, 0.25) is 0 Å². The smallest absolute Gasteiger partial charge is 0.151 e. The van der Waals surface area contributed by atoms with Crippen molar-refractivity contribution in [1.82, 2.24) is 20.1 Å². The molecule has 2 aromatic rings. The molecule has 3 rings (SSSR count). The maximum atomic E-state index is 5.62. The molecule has 0 radical (unpaired) electrons. The lowest BCUT2D eigenvalue weighted by Crippen LogP contribution is -2.31. The standard InChI is InChI=1S/C14H18N4O/c1-18-10-16-14(17-18)6-7-15-13-9-19-8-11-4-2-3-5-12(11)13/h2-5,10,13,15H,6-9H2,1H3. The molecule has 19 heavy (non-hydrogen) atoms. The van der Waals surface area contributed by atoms with E-state index in [0.29, 0.717) is 0 Å². The number of hydrogen-bond donors (Lipinski definition) is 1. The molecule has 0 amide bonds. The number of aromatic nitrogens is 3. The Morgan fingerprint density at radius 2 is 2.32 bits per heavy atom. The van der Waals surface area contributed by atoms with Crippen LogP contribution < -0.4 is 5.32 Å². The first-order chi connectivity index (χ1) is 9.33. The predicted molar refractivity (Wildman–Crippen MR) is 71.5 cm³/mol.